The van der Waals surface area contributed by atoms with Gasteiger partial charge in [0, 0.05) is 11.3 Å². The number of pyridine rings is 1. The first-order chi connectivity index (χ1) is 12.1. The Morgan fingerprint density at radius 1 is 1.28 bits per heavy atom. The fraction of sp³-hybridized carbons (Fsp3) is 0.455. The van der Waals surface area contributed by atoms with Crippen LogP contribution in [0.3, 0.4) is 0 Å². The summed E-state index contributed by atoms with van der Waals surface area (Å²) in [4.78, 5) is 17.6. The standard InChI is InChI=1S/C22H27NO2/c1-5-15-11-12-18-17(13-15)19(16-9-7-6-8-10-16)20(22(24)25-4)21(23-18)14(2)3/h6-10,14-15H,5,11-13H2,1-4H3. The van der Waals surface area contributed by atoms with E-state index < -0.39 is 0 Å². The number of aryl methyl sites for hydroxylation is 1. The molecule has 0 aliphatic heterocycles. The lowest BCUT2D eigenvalue weighted by Crippen LogP contribution is -2.21. The smallest absolute Gasteiger partial charge is 0.340 e. The lowest BCUT2D eigenvalue weighted by molar-refractivity contribution is 0.0599. The van der Waals surface area contributed by atoms with Gasteiger partial charge >= 0.3 is 5.97 Å². The summed E-state index contributed by atoms with van der Waals surface area (Å²) < 4.78 is 5.15. The number of aromatic nitrogens is 1. The molecule has 0 N–H and O–H groups in total. The number of esters is 1. The van der Waals surface area contributed by atoms with Crippen LogP contribution < -0.4 is 0 Å². The van der Waals surface area contributed by atoms with Crippen LogP contribution in [0.2, 0.25) is 0 Å². The predicted octanol–water partition coefficient (Wildman–Crippen LogP) is 5.17. The van der Waals surface area contributed by atoms with E-state index in [0.717, 1.165) is 36.1 Å². The van der Waals surface area contributed by atoms with E-state index in [0.29, 0.717) is 11.5 Å². The van der Waals surface area contributed by atoms with Crippen LogP contribution in [0.25, 0.3) is 11.1 Å². The fourth-order valence-electron chi connectivity index (χ4n) is 3.85. The number of nitrogens with zero attached hydrogens (tertiary/aromatic N) is 1. The molecule has 1 heterocycles. The molecule has 1 unspecified atom stereocenters. The van der Waals surface area contributed by atoms with Crippen molar-refractivity contribution in [3.63, 3.8) is 0 Å². The third kappa shape index (κ3) is 3.33. The van der Waals surface area contributed by atoms with E-state index in [2.05, 4.69) is 32.9 Å². The van der Waals surface area contributed by atoms with Crippen LogP contribution in [0.1, 0.15) is 66.8 Å². The summed E-state index contributed by atoms with van der Waals surface area (Å²) in [6.07, 6.45) is 4.33. The van der Waals surface area contributed by atoms with Gasteiger partial charge in [-0.25, -0.2) is 4.79 Å². The van der Waals surface area contributed by atoms with E-state index >= 15 is 0 Å². The molecule has 1 aromatic carbocycles. The molecule has 0 saturated carbocycles. The Hall–Kier alpha value is -2.16. The minimum absolute atomic E-state index is 0.172. The summed E-state index contributed by atoms with van der Waals surface area (Å²) in [6.45, 7) is 6.43. The van der Waals surface area contributed by atoms with E-state index in [4.69, 9.17) is 9.72 Å². The maximum absolute atomic E-state index is 12.7. The van der Waals surface area contributed by atoms with Gasteiger partial charge in [0.25, 0.3) is 0 Å². The van der Waals surface area contributed by atoms with Gasteiger partial charge in [-0.2, -0.15) is 0 Å². The van der Waals surface area contributed by atoms with E-state index in [1.807, 2.05) is 18.2 Å². The van der Waals surface area contributed by atoms with Gasteiger partial charge in [-0.3, -0.25) is 4.98 Å². The van der Waals surface area contributed by atoms with Gasteiger partial charge in [0.1, 0.15) is 0 Å². The monoisotopic (exact) mass is 337 g/mol. The molecule has 0 radical (unpaired) electrons. The average Bonchev–Trinajstić information content (AvgIpc) is 2.65. The number of fused-ring (bicyclic) bond motifs is 1. The molecular weight excluding hydrogens is 310 g/mol. The van der Waals surface area contributed by atoms with Gasteiger partial charge in [-0.15, -0.1) is 0 Å². The zero-order valence-corrected chi connectivity index (χ0v) is 15.6. The SMILES string of the molecule is CCC1CCc2nc(C(C)C)c(C(=O)OC)c(-c3ccccc3)c2C1. The van der Waals surface area contributed by atoms with Crippen molar-refractivity contribution in [1.82, 2.24) is 4.98 Å². The first kappa shape index (κ1) is 17.7. The summed E-state index contributed by atoms with van der Waals surface area (Å²) in [5.41, 5.74) is 6.05. The molecule has 0 amide bonds. The second-order valence-corrected chi connectivity index (χ2v) is 7.20. The molecule has 3 heteroatoms. The van der Waals surface area contributed by atoms with Gasteiger partial charge in [-0.1, -0.05) is 57.5 Å². The van der Waals surface area contributed by atoms with Crippen molar-refractivity contribution in [2.75, 3.05) is 7.11 Å². The van der Waals surface area contributed by atoms with Crippen molar-refractivity contribution >= 4 is 5.97 Å². The largest absolute Gasteiger partial charge is 0.465 e. The third-order valence-corrected chi connectivity index (χ3v) is 5.27. The number of ether oxygens (including phenoxy) is 1. The quantitative estimate of drug-likeness (QED) is 0.722. The Balaban J connectivity index is 2.33. The van der Waals surface area contributed by atoms with E-state index in [1.54, 1.807) is 0 Å². The number of hydrogen-bond acceptors (Lipinski definition) is 3. The molecule has 25 heavy (non-hydrogen) atoms. The lowest BCUT2D eigenvalue weighted by atomic mass is 9.79. The van der Waals surface area contributed by atoms with Crippen molar-refractivity contribution in [2.24, 2.45) is 5.92 Å². The number of carbonyl (C=O) groups is 1. The average molecular weight is 337 g/mol. The molecule has 1 atom stereocenters. The Bertz CT molecular complexity index is 765. The number of benzene rings is 1. The number of methoxy groups -OCH3 is 1. The van der Waals surface area contributed by atoms with Gasteiger partial charge in [-0.05, 0) is 42.2 Å². The molecule has 3 rings (SSSR count). The molecule has 3 nitrogen and oxygen atoms in total. The number of hydrogen-bond donors (Lipinski definition) is 0. The van der Waals surface area contributed by atoms with E-state index in [1.165, 1.54) is 24.8 Å². The normalized spacial score (nSPS) is 16.6. The van der Waals surface area contributed by atoms with E-state index in [-0.39, 0.29) is 11.9 Å². The number of rotatable bonds is 4. The van der Waals surface area contributed by atoms with Crippen LogP contribution in [-0.4, -0.2) is 18.1 Å². The highest BCUT2D eigenvalue weighted by Gasteiger charge is 2.30. The van der Waals surface area contributed by atoms with Crippen molar-refractivity contribution < 1.29 is 9.53 Å². The molecule has 132 valence electrons. The van der Waals surface area contributed by atoms with Crippen molar-refractivity contribution in [2.45, 2.75) is 52.4 Å². The lowest BCUT2D eigenvalue weighted by Gasteiger charge is -2.28. The maximum Gasteiger partial charge on any atom is 0.340 e. The zero-order valence-electron chi connectivity index (χ0n) is 15.6. The van der Waals surface area contributed by atoms with Crippen LogP contribution in [0.15, 0.2) is 30.3 Å². The summed E-state index contributed by atoms with van der Waals surface area (Å²) >= 11 is 0. The van der Waals surface area contributed by atoms with Gasteiger partial charge in [0.05, 0.1) is 18.4 Å². The van der Waals surface area contributed by atoms with Gasteiger partial charge in [0.15, 0.2) is 0 Å². The first-order valence-electron chi connectivity index (χ1n) is 9.26. The minimum atomic E-state index is -0.281. The molecule has 0 saturated heterocycles. The van der Waals surface area contributed by atoms with Crippen LogP contribution in [-0.2, 0) is 17.6 Å². The molecule has 2 aromatic rings. The second-order valence-electron chi connectivity index (χ2n) is 7.20. The maximum atomic E-state index is 12.7. The van der Waals surface area contributed by atoms with Crippen molar-refractivity contribution in [1.29, 1.82) is 0 Å². The highest BCUT2D eigenvalue weighted by atomic mass is 16.5. The third-order valence-electron chi connectivity index (χ3n) is 5.27. The summed E-state index contributed by atoms with van der Waals surface area (Å²) in [5.74, 6) is 0.550. The molecule has 0 spiro atoms. The number of carbonyl (C=O) groups excluding carboxylic acids is 1. The molecule has 0 fully saturated rings. The molecule has 0 bridgehead atoms. The Kier molecular flexibility index (Phi) is 5.22. The van der Waals surface area contributed by atoms with Crippen molar-refractivity contribution in [3.05, 3.63) is 52.8 Å². The minimum Gasteiger partial charge on any atom is -0.465 e. The Labute approximate surface area is 150 Å². The summed E-state index contributed by atoms with van der Waals surface area (Å²) in [6, 6.07) is 10.2. The Morgan fingerprint density at radius 3 is 2.60 bits per heavy atom. The molecule has 1 aromatic heterocycles. The van der Waals surface area contributed by atoms with Crippen LogP contribution >= 0.6 is 0 Å². The summed E-state index contributed by atoms with van der Waals surface area (Å²) in [7, 11) is 1.45. The van der Waals surface area contributed by atoms with Gasteiger partial charge < -0.3 is 4.74 Å². The molecular formula is C22H27NO2. The first-order valence-corrected chi connectivity index (χ1v) is 9.26. The fourth-order valence-corrected chi connectivity index (χ4v) is 3.85. The van der Waals surface area contributed by atoms with E-state index in [9.17, 15) is 4.79 Å². The van der Waals surface area contributed by atoms with Gasteiger partial charge in [0.2, 0.25) is 0 Å². The predicted molar refractivity (Wildman–Crippen MR) is 101 cm³/mol. The highest BCUT2D eigenvalue weighted by molar-refractivity contribution is 5.99. The van der Waals surface area contributed by atoms with Crippen LogP contribution in [0, 0.1) is 5.92 Å². The van der Waals surface area contributed by atoms with Crippen molar-refractivity contribution in [3.8, 4) is 11.1 Å². The molecule has 1 aliphatic rings. The van der Waals surface area contributed by atoms with Crippen LogP contribution in [0.4, 0.5) is 0 Å². The zero-order chi connectivity index (χ0) is 18.0. The van der Waals surface area contributed by atoms with Crippen LogP contribution in [0.5, 0.6) is 0 Å². The molecule has 1 aliphatic carbocycles. The summed E-state index contributed by atoms with van der Waals surface area (Å²) in [5, 5.41) is 0. The highest BCUT2D eigenvalue weighted by Crippen LogP contribution is 2.39. The second kappa shape index (κ2) is 7.38. The topological polar surface area (TPSA) is 39.2 Å². The Morgan fingerprint density at radius 2 is 2.00 bits per heavy atom.